The molecule has 1 saturated carbocycles. The fourth-order valence-corrected chi connectivity index (χ4v) is 2.59. The number of alkyl halides is 2. The van der Waals surface area contributed by atoms with E-state index in [-0.39, 0.29) is 37.3 Å². The van der Waals surface area contributed by atoms with Crippen LogP contribution in [0.2, 0.25) is 0 Å². The summed E-state index contributed by atoms with van der Waals surface area (Å²) in [6.07, 6.45) is 0.881. The van der Waals surface area contributed by atoms with E-state index in [0.29, 0.717) is 5.69 Å². The Hall–Kier alpha value is -1.92. The predicted molar refractivity (Wildman–Crippen MR) is 83.0 cm³/mol. The van der Waals surface area contributed by atoms with E-state index >= 15 is 0 Å². The Morgan fingerprint density at radius 2 is 1.91 bits per heavy atom. The average molecular weight is 328 g/mol. The number of carbonyl (C=O) groups is 1. The van der Waals surface area contributed by atoms with Crippen molar-refractivity contribution in [3.63, 3.8) is 0 Å². The zero-order valence-electron chi connectivity index (χ0n) is 13.6. The molecule has 1 aromatic rings. The van der Waals surface area contributed by atoms with Crippen molar-refractivity contribution >= 4 is 11.8 Å². The van der Waals surface area contributed by atoms with Gasteiger partial charge >= 0.3 is 6.09 Å². The summed E-state index contributed by atoms with van der Waals surface area (Å²) in [4.78, 5) is 23.7. The molecular formula is C16H22F2N2O3. The van der Waals surface area contributed by atoms with Crippen LogP contribution in [0.3, 0.4) is 0 Å². The second kappa shape index (κ2) is 6.29. The monoisotopic (exact) mass is 328 g/mol. The molecule has 1 N–H and O–H groups in total. The minimum absolute atomic E-state index is 0.228. The van der Waals surface area contributed by atoms with Crippen LogP contribution in [0.25, 0.3) is 0 Å². The average Bonchev–Trinajstić information content (AvgIpc) is 2.39. The van der Waals surface area contributed by atoms with E-state index < -0.39 is 17.6 Å². The fourth-order valence-electron chi connectivity index (χ4n) is 2.59. The first kappa shape index (κ1) is 17.4. The second-order valence-electron chi connectivity index (χ2n) is 6.88. The standard InChI is InChI=1S/C16H22F2N2O3/c1-15(2,3)23-14(22)19-11-4-5-13(21)20(10-11)12-6-8-16(17,18)9-7-12/h4-5,10,12H,6-9H2,1-3H3,(H,19,22). The van der Waals surface area contributed by atoms with Crippen molar-refractivity contribution < 1.29 is 18.3 Å². The molecule has 1 aliphatic carbocycles. The van der Waals surface area contributed by atoms with Crippen molar-refractivity contribution in [2.75, 3.05) is 5.32 Å². The van der Waals surface area contributed by atoms with Gasteiger partial charge in [-0.2, -0.15) is 0 Å². The highest BCUT2D eigenvalue weighted by molar-refractivity contribution is 5.84. The normalized spacial score (nSPS) is 18.5. The smallest absolute Gasteiger partial charge is 0.412 e. The van der Waals surface area contributed by atoms with Gasteiger partial charge in [-0.05, 0) is 39.7 Å². The second-order valence-corrected chi connectivity index (χ2v) is 6.88. The van der Waals surface area contributed by atoms with Crippen molar-refractivity contribution in [2.24, 2.45) is 0 Å². The summed E-state index contributed by atoms with van der Waals surface area (Å²) in [5.74, 6) is -2.65. The summed E-state index contributed by atoms with van der Waals surface area (Å²) in [5.41, 5.74) is -0.501. The molecule has 0 aliphatic heterocycles. The number of ether oxygens (including phenoxy) is 1. The summed E-state index contributed by atoms with van der Waals surface area (Å²) in [7, 11) is 0. The van der Waals surface area contributed by atoms with Gasteiger partial charge in [-0.25, -0.2) is 13.6 Å². The third kappa shape index (κ3) is 5.04. The molecule has 0 saturated heterocycles. The third-order valence-electron chi connectivity index (χ3n) is 3.66. The summed E-state index contributed by atoms with van der Waals surface area (Å²) >= 11 is 0. The van der Waals surface area contributed by atoms with E-state index in [0.717, 1.165) is 0 Å². The quantitative estimate of drug-likeness (QED) is 0.894. The molecular weight excluding hydrogens is 306 g/mol. The molecule has 0 bridgehead atoms. The Balaban J connectivity index is 2.10. The molecule has 5 nitrogen and oxygen atoms in total. The first-order valence-corrected chi connectivity index (χ1v) is 7.66. The number of amides is 1. The van der Waals surface area contributed by atoms with E-state index in [1.54, 1.807) is 20.8 Å². The van der Waals surface area contributed by atoms with Gasteiger partial charge in [0.15, 0.2) is 0 Å². The SMILES string of the molecule is CC(C)(C)OC(=O)Nc1ccc(=O)n(C2CCC(F)(F)CC2)c1. The van der Waals surface area contributed by atoms with Crippen molar-refractivity contribution in [3.8, 4) is 0 Å². The Morgan fingerprint density at radius 3 is 2.48 bits per heavy atom. The number of aromatic nitrogens is 1. The molecule has 128 valence electrons. The molecule has 0 spiro atoms. The highest BCUT2D eigenvalue weighted by Crippen LogP contribution is 2.38. The Morgan fingerprint density at radius 1 is 1.30 bits per heavy atom. The third-order valence-corrected chi connectivity index (χ3v) is 3.66. The molecule has 0 atom stereocenters. The van der Waals surface area contributed by atoms with Gasteiger partial charge in [-0.1, -0.05) is 0 Å². The van der Waals surface area contributed by atoms with Gasteiger partial charge in [0.2, 0.25) is 5.92 Å². The first-order valence-electron chi connectivity index (χ1n) is 7.66. The van der Waals surface area contributed by atoms with E-state index in [4.69, 9.17) is 4.74 Å². The highest BCUT2D eigenvalue weighted by Gasteiger charge is 2.35. The van der Waals surface area contributed by atoms with Gasteiger partial charge in [0.05, 0.1) is 5.69 Å². The Labute approximate surface area is 133 Å². The van der Waals surface area contributed by atoms with E-state index in [1.165, 1.54) is 22.9 Å². The number of hydrogen-bond donors (Lipinski definition) is 1. The minimum Gasteiger partial charge on any atom is -0.444 e. The molecule has 2 rings (SSSR count). The number of pyridine rings is 1. The van der Waals surface area contributed by atoms with Crippen molar-refractivity contribution in [2.45, 2.75) is 64.0 Å². The van der Waals surface area contributed by atoms with Crippen LogP contribution in [0.4, 0.5) is 19.3 Å². The van der Waals surface area contributed by atoms with Crippen molar-refractivity contribution in [3.05, 3.63) is 28.7 Å². The summed E-state index contributed by atoms with van der Waals surface area (Å²) in [5, 5.41) is 2.55. The zero-order valence-corrected chi connectivity index (χ0v) is 13.6. The van der Waals surface area contributed by atoms with Gasteiger partial charge in [0.25, 0.3) is 5.56 Å². The lowest BCUT2D eigenvalue weighted by molar-refractivity contribution is -0.0442. The van der Waals surface area contributed by atoms with Crippen LogP contribution < -0.4 is 10.9 Å². The van der Waals surface area contributed by atoms with Gasteiger partial charge in [0.1, 0.15) is 5.60 Å². The molecule has 1 amide bonds. The van der Waals surface area contributed by atoms with Crippen molar-refractivity contribution in [1.29, 1.82) is 0 Å². The molecule has 1 aliphatic rings. The van der Waals surface area contributed by atoms with Gasteiger partial charge in [-0.15, -0.1) is 0 Å². The number of nitrogens with one attached hydrogen (secondary N) is 1. The molecule has 1 heterocycles. The highest BCUT2D eigenvalue weighted by atomic mass is 19.3. The minimum atomic E-state index is -2.65. The lowest BCUT2D eigenvalue weighted by Crippen LogP contribution is -2.32. The number of hydrogen-bond acceptors (Lipinski definition) is 3. The van der Waals surface area contributed by atoms with Gasteiger partial charge in [-0.3, -0.25) is 10.1 Å². The lowest BCUT2D eigenvalue weighted by Gasteiger charge is -2.29. The Bertz CT molecular complexity index is 625. The number of halogens is 2. The molecule has 7 heteroatoms. The summed E-state index contributed by atoms with van der Waals surface area (Å²) < 4.78 is 33.1. The van der Waals surface area contributed by atoms with Crippen LogP contribution in [0.5, 0.6) is 0 Å². The van der Waals surface area contributed by atoms with Crippen LogP contribution in [-0.2, 0) is 4.74 Å². The maximum atomic E-state index is 13.2. The Kier molecular flexibility index (Phi) is 4.77. The van der Waals surface area contributed by atoms with E-state index in [9.17, 15) is 18.4 Å². The lowest BCUT2D eigenvalue weighted by atomic mass is 9.92. The summed E-state index contributed by atoms with van der Waals surface area (Å²) in [6, 6.07) is 2.52. The predicted octanol–water partition coefficient (Wildman–Crippen LogP) is 3.95. The molecule has 23 heavy (non-hydrogen) atoms. The van der Waals surface area contributed by atoms with Crippen LogP contribution >= 0.6 is 0 Å². The fraction of sp³-hybridized carbons (Fsp3) is 0.625. The molecule has 0 unspecified atom stereocenters. The maximum Gasteiger partial charge on any atom is 0.412 e. The maximum absolute atomic E-state index is 13.2. The molecule has 0 aromatic carbocycles. The van der Waals surface area contributed by atoms with E-state index in [1.807, 2.05) is 0 Å². The summed E-state index contributed by atoms with van der Waals surface area (Å²) in [6.45, 7) is 5.24. The van der Waals surface area contributed by atoms with Crippen LogP contribution in [0.1, 0.15) is 52.5 Å². The molecule has 1 aromatic heterocycles. The van der Waals surface area contributed by atoms with Gasteiger partial charge in [0, 0.05) is 31.1 Å². The number of nitrogens with zero attached hydrogens (tertiary/aromatic N) is 1. The first-order chi connectivity index (χ1) is 10.6. The van der Waals surface area contributed by atoms with Crippen LogP contribution in [0, 0.1) is 0 Å². The van der Waals surface area contributed by atoms with Crippen LogP contribution in [0.15, 0.2) is 23.1 Å². The number of rotatable bonds is 2. The van der Waals surface area contributed by atoms with E-state index in [2.05, 4.69) is 5.32 Å². The molecule has 1 fully saturated rings. The van der Waals surface area contributed by atoms with Crippen molar-refractivity contribution in [1.82, 2.24) is 4.57 Å². The van der Waals surface area contributed by atoms with Gasteiger partial charge < -0.3 is 9.30 Å². The van der Waals surface area contributed by atoms with Crippen LogP contribution in [-0.4, -0.2) is 22.2 Å². The largest absolute Gasteiger partial charge is 0.444 e. The number of anilines is 1. The topological polar surface area (TPSA) is 60.3 Å². The molecule has 0 radical (unpaired) electrons. The number of carbonyl (C=O) groups excluding carboxylic acids is 1. The zero-order chi connectivity index (χ0) is 17.3.